The quantitative estimate of drug-likeness (QED) is 0.692. The van der Waals surface area contributed by atoms with Gasteiger partial charge < -0.3 is 20.6 Å². The van der Waals surface area contributed by atoms with Crippen LogP contribution in [0.5, 0.6) is 0 Å². The number of amides is 3. The van der Waals surface area contributed by atoms with Crippen LogP contribution in [0.4, 0.5) is 4.79 Å². The van der Waals surface area contributed by atoms with Crippen molar-refractivity contribution in [2.75, 3.05) is 19.6 Å². The largest absolute Gasteiger partial charge is 0.480 e. The van der Waals surface area contributed by atoms with Crippen molar-refractivity contribution in [2.24, 2.45) is 5.73 Å². The van der Waals surface area contributed by atoms with Gasteiger partial charge in [-0.1, -0.05) is 0 Å². The monoisotopic (exact) mass is 243 g/mol. The Kier molecular flexibility index (Phi) is 4.30. The SMILES string of the molecule is CCN(CC(N)=O)C(=O)N1CCC[C@@H]1C(=O)O. The molecule has 7 nitrogen and oxygen atoms in total. The summed E-state index contributed by atoms with van der Waals surface area (Å²) in [6.07, 6.45) is 1.12. The summed E-state index contributed by atoms with van der Waals surface area (Å²) in [7, 11) is 0. The van der Waals surface area contributed by atoms with Gasteiger partial charge in [0.2, 0.25) is 5.91 Å². The van der Waals surface area contributed by atoms with Crippen LogP contribution in [0.2, 0.25) is 0 Å². The second-order valence-electron chi connectivity index (χ2n) is 3.95. The molecule has 0 radical (unpaired) electrons. The first-order valence-corrected chi connectivity index (χ1v) is 5.54. The third kappa shape index (κ3) is 3.08. The van der Waals surface area contributed by atoms with Gasteiger partial charge in [-0.05, 0) is 19.8 Å². The maximum Gasteiger partial charge on any atom is 0.326 e. The molecule has 0 spiro atoms. The van der Waals surface area contributed by atoms with E-state index >= 15 is 0 Å². The zero-order valence-corrected chi connectivity index (χ0v) is 9.76. The first kappa shape index (κ1) is 13.3. The number of carboxylic acid groups (broad SMARTS) is 1. The summed E-state index contributed by atoms with van der Waals surface area (Å²) in [5.41, 5.74) is 5.03. The topological polar surface area (TPSA) is 104 Å². The van der Waals surface area contributed by atoms with E-state index in [4.69, 9.17) is 10.8 Å². The zero-order chi connectivity index (χ0) is 13.0. The molecule has 17 heavy (non-hydrogen) atoms. The third-order valence-electron chi connectivity index (χ3n) is 2.78. The molecular weight excluding hydrogens is 226 g/mol. The molecule has 7 heteroatoms. The number of hydrogen-bond donors (Lipinski definition) is 2. The first-order valence-electron chi connectivity index (χ1n) is 5.54. The van der Waals surface area contributed by atoms with Crippen LogP contribution in [-0.2, 0) is 9.59 Å². The molecule has 0 aromatic heterocycles. The fourth-order valence-electron chi connectivity index (χ4n) is 1.94. The van der Waals surface area contributed by atoms with Crippen LogP contribution in [0.1, 0.15) is 19.8 Å². The van der Waals surface area contributed by atoms with Gasteiger partial charge in [-0.3, -0.25) is 4.79 Å². The van der Waals surface area contributed by atoms with Crippen molar-refractivity contribution in [1.29, 1.82) is 0 Å². The van der Waals surface area contributed by atoms with E-state index < -0.39 is 23.9 Å². The third-order valence-corrected chi connectivity index (χ3v) is 2.78. The van der Waals surface area contributed by atoms with Crippen LogP contribution in [0.25, 0.3) is 0 Å². The number of likely N-dealkylation sites (N-methyl/N-ethyl adjacent to an activating group) is 1. The van der Waals surface area contributed by atoms with Gasteiger partial charge in [0.25, 0.3) is 0 Å². The smallest absolute Gasteiger partial charge is 0.326 e. The van der Waals surface area contributed by atoms with Crippen molar-refractivity contribution >= 4 is 17.9 Å². The molecule has 0 unspecified atom stereocenters. The Morgan fingerprint density at radius 3 is 2.59 bits per heavy atom. The second kappa shape index (κ2) is 5.51. The number of aliphatic carboxylic acids is 1. The number of carbonyl (C=O) groups excluding carboxylic acids is 2. The minimum absolute atomic E-state index is 0.182. The highest BCUT2D eigenvalue weighted by molar-refractivity contribution is 5.86. The molecular formula is C10H17N3O4. The number of nitrogens with two attached hydrogens (primary N) is 1. The summed E-state index contributed by atoms with van der Waals surface area (Å²) < 4.78 is 0. The normalized spacial score (nSPS) is 19.1. The predicted molar refractivity (Wildman–Crippen MR) is 59.2 cm³/mol. The number of likely N-dealkylation sites (tertiary alicyclic amines) is 1. The molecule has 0 saturated carbocycles. The van der Waals surface area contributed by atoms with Crippen molar-refractivity contribution in [3.05, 3.63) is 0 Å². The van der Waals surface area contributed by atoms with E-state index in [1.54, 1.807) is 6.92 Å². The molecule has 1 aliphatic rings. The van der Waals surface area contributed by atoms with Crippen molar-refractivity contribution in [3.63, 3.8) is 0 Å². The highest BCUT2D eigenvalue weighted by atomic mass is 16.4. The van der Waals surface area contributed by atoms with Crippen LogP contribution in [-0.4, -0.2) is 58.5 Å². The van der Waals surface area contributed by atoms with Crippen LogP contribution < -0.4 is 5.73 Å². The van der Waals surface area contributed by atoms with Gasteiger partial charge in [0.05, 0.1) is 0 Å². The number of urea groups is 1. The van der Waals surface area contributed by atoms with Gasteiger partial charge in [0, 0.05) is 13.1 Å². The molecule has 1 atom stereocenters. The summed E-state index contributed by atoms with van der Waals surface area (Å²) in [5, 5.41) is 8.96. The number of carbonyl (C=O) groups is 3. The lowest BCUT2D eigenvalue weighted by Crippen LogP contribution is -2.50. The Hall–Kier alpha value is -1.79. The molecule has 0 aromatic carbocycles. The number of primary amides is 1. The lowest BCUT2D eigenvalue weighted by molar-refractivity contribution is -0.141. The van der Waals surface area contributed by atoms with E-state index in [1.807, 2.05) is 0 Å². The fraction of sp³-hybridized carbons (Fsp3) is 0.700. The van der Waals surface area contributed by atoms with E-state index in [2.05, 4.69) is 0 Å². The Bertz CT molecular complexity index is 332. The van der Waals surface area contributed by atoms with Gasteiger partial charge in [-0.25, -0.2) is 9.59 Å². The molecule has 0 aromatic rings. The maximum absolute atomic E-state index is 12.0. The minimum atomic E-state index is -1.01. The maximum atomic E-state index is 12.0. The van der Waals surface area contributed by atoms with E-state index in [1.165, 1.54) is 9.80 Å². The molecule has 0 aliphatic carbocycles. The van der Waals surface area contributed by atoms with E-state index in [-0.39, 0.29) is 6.54 Å². The van der Waals surface area contributed by atoms with Gasteiger partial charge >= 0.3 is 12.0 Å². The predicted octanol–water partition coefficient (Wildman–Crippen LogP) is -0.537. The number of hydrogen-bond acceptors (Lipinski definition) is 3. The summed E-state index contributed by atoms with van der Waals surface area (Å²) >= 11 is 0. The van der Waals surface area contributed by atoms with Crippen LogP contribution in [0.15, 0.2) is 0 Å². The first-order chi connectivity index (χ1) is 7.97. The lowest BCUT2D eigenvalue weighted by Gasteiger charge is -2.28. The van der Waals surface area contributed by atoms with Crippen LogP contribution in [0, 0.1) is 0 Å². The molecule has 0 bridgehead atoms. The van der Waals surface area contributed by atoms with E-state index in [0.29, 0.717) is 25.9 Å². The van der Waals surface area contributed by atoms with Gasteiger partial charge in [-0.2, -0.15) is 0 Å². The molecule has 96 valence electrons. The van der Waals surface area contributed by atoms with Gasteiger partial charge in [0.1, 0.15) is 12.6 Å². The second-order valence-corrected chi connectivity index (χ2v) is 3.95. The molecule has 1 fully saturated rings. The molecule has 3 N–H and O–H groups in total. The van der Waals surface area contributed by atoms with Gasteiger partial charge in [-0.15, -0.1) is 0 Å². The number of carboxylic acids is 1. The Morgan fingerprint density at radius 1 is 1.47 bits per heavy atom. The molecule has 1 saturated heterocycles. The summed E-state index contributed by atoms with van der Waals surface area (Å²) in [6.45, 7) is 2.26. The number of nitrogens with zero attached hydrogens (tertiary/aromatic N) is 2. The molecule has 3 amide bonds. The summed E-state index contributed by atoms with van der Waals surface area (Å²) in [6, 6.07) is -1.22. The zero-order valence-electron chi connectivity index (χ0n) is 9.76. The minimum Gasteiger partial charge on any atom is -0.480 e. The van der Waals surface area contributed by atoms with Crippen LogP contribution in [0.3, 0.4) is 0 Å². The molecule has 1 rings (SSSR count). The fourth-order valence-corrected chi connectivity index (χ4v) is 1.94. The Morgan fingerprint density at radius 2 is 2.12 bits per heavy atom. The van der Waals surface area contributed by atoms with E-state index in [9.17, 15) is 14.4 Å². The highest BCUT2D eigenvalue weighted by Gasteiger charge is 2.36. The standard InChI is InChI=1S/C10H17N3O4/c1-2-12(6-8(11)14)10(17)13-5-3-4-7(13)9(15)16/h7H,2-6H2,1H3,(H2,11,14)(H,15,16)/t7-/m1/s1. The average Bonchev–Trinajstić information content (AvgIpc) is 2.73. The Balaban J connectivity index is 2.73. The lowest BCUT2D eigenvalue weighted by atomic mass is 10.2. The van der Waals surface area contributed by atoms with Crippen molar-refractivity contribution in [3.8, 4) is 0 Å². The average molecular weight is 243 g/mol. The van der Waals surface area contributed by atoms with Crippen molar-refractivity contribution < 1.29 is 19.5 Å². The van der Waals surface area contributed by atoms with E-state index in [0.717, 1.165) is 0 Å². The molecule has 1 aliphatic heterocycles. The van der Waals surface area contributed by atoms with Crippen molar-refractivity contribution in [1.82, 2.24) is 9.80 Å². The Labute approximate surface area is 99.2 Å². The number of rotatable bonds is 4. The summed E-state index contributed by atoms with van der Waals surface area (Å²) in [4.78, 5) is 36.3. The molecule has 1 heterocycles. The van der Waals surface area contributed by atoms with Crippen LogP contribution >= 0.6 is 0 Å². The van der Waals surface area contributed by atoms with Crippen molar-refractivity contribution in [2.45, 2.75) is 25.8 Å². The van der Waals surface area contributed by atoms with Gasteiger partial charge in [0.15, 0.2) is 0 Å². The summed E-state index contributed by atoms with van der Waals surface area (Å²) in [5.74, 6) is -1.61. The highest BCUT2D eigenvalue weighted by Crippen LogP contribution is 2.19.